The van der Waals surface area contributed by atoms with Crippen LogP contribution in [0.1, 0.15) is 26.2 Å². The van der Waals surface area contributed by atoms with Crippen molar-refractivity contribution in [3.8, 4) is 0 Å². The first kappa shape index (κ1) is 8.02. The predicted molar refractivity (Wildman–Crippen MR) is 43.9 cm³/mol. The molecule has 0 amide bonds. The maximum absolute atomic E-state index is 5.77. The molecule has 1 rings (SSSR count). The lowest BCUT2D eigenvalue weighted by molar-refractivity contribution is 0.214. The van der Waals surface area contributed by atoms with Crippen molar-refractivity contribution in [1.82, 2.24) is 4.90 Å². The quantitative estimate of drug-likeness (QED) is 0.618. The second-order valence-electron chi connectivity index (χ2n) is 3.18. The zero-order valence-electron chi connectivity index (χ0n) is 6.84. The summed E-state index contributed by atoms with van der Waals surface area (Å²) in [6, 6.07) is 0.480. The molecule has 1 heterocycles. The van der Waals surface area contributed by atoms with Gasteiger partial charge in [0.25, 0.3) is 0 Å². The van der Waals surface area contributed by atoms with Crippen molar-refractivity contribution in [1.29, 1.82) is 0 Å². The van der Waals surface area contributed by atoms with E-state index in [1.165, 1.54) is 38.9 Å². The molecule has 0 aliphatic carbocycles. The fraction of sp³-hybridized carbons (Fsp3) is 1.00. The highest BCUT2D eigenvalue weighted by Crippen LogP contribution is 2.07. The second kappa shape index (κ2) is 3.94. The highest BCUT2D eigenvalue weighted by atomic mass is 15.1. The Balaban J connectivity index is 2.13. The molecule has 2 nitrogen and oxygen atoms in total. The van der Waals surface area contributed by atoms with E-state index in [0.29, 0.717) is 6.04 Å². The van der Waals surface area contributed by atoms with Gasteiger partial charge in [-0.05, 0) is 38.9 Å². The van der Waals surface area contributed by atoms with E-state index in [0.717, 1.165) is 0 Å². The second-order valence-corrected chi connectivity index (χ2v) is 3.18. The van der Waals surface area contributed by atoms with E-state index in [9.17, 15) is 0 Å². The maximum atomic E-state index is 5.77. The Bertz CT molecular complexity index is 85.3. The normalized spacial score (nSPS) is 23.4. The molecular formula is C8H18N2. The van der Waals surface area contributed by atoms with Crippen LogP contribution in [0.4, 0.5) is 0 Å². The van der Waals surface area contributed by atoms with Crippen LogP contribution in [0.15, 0.2) is 0 Å². The van der Waals surface area contributed by atoms with E-state index in [4.69, 9.17) is 5.73 Å². The molecule has 1 fully saturated rings. The molecular weight excluding hydrogens is 124 g/mol. The van der Waals surface area contributed by atoms with Crippen LogP contribution in [0.3, 0.4) is 0 Å². The first-order valence-electron chi connectivity index (χ1n) is 4.31. The number of nitrogens with two attached hydrogens (primary N) is 1. The molecule has 10 heavy (non-hydrogen) atoms. The summed E-state index contributed by atoms with van der Waals surface area (Å²) >= 11 is 0. The molecule has 0 saturated carbocycles. The van der Waals surface area contributed by atoms with Gasteiger partial charge in [-0.1, -0.05) is 6.92 Å². The Labute approximate surface area is 63.4 Å². The van der Waals surface area contributed by atoms with Crippen LogP contribution >= 0.6 is 0 Å². The van der Waals surface area contributed by atoms with Crippen LogP contribution in [0.2, 0.25) is 0 Å². The molecule has 0 unspecified atom stereocenters. The van der Waals surface area contributed by atoms with Crippen molar-refractivity contribution < 1.29 is 0 Å². The summed E-state index contributed by atoms with van der Waals surface area (Å²) < 4.78 is 0. The van der Waals surface area contributed by atoms with Gasteiger partial charge in [-0.15, -0.1) is 0 Å². The molecule has 60 valence electrons. The zero-order chi connectivity index (χ0) is 7.40. The van der Waals surface area contributed by atoms with E-state index < -0.39 is 0 Å². The summed E-state index contributed by atoms with van der Waals surface area (Å²) in [6.45, 7) is 5.92. The lowest BCUT2D eigenvalue weighted by Crippen LogP contribution is -2.39. The van der Waals surface area contributed by atoms with Gasteiger partial charge in [0.05, 0.1) is 0 Å². The van der Waals surface area contributed by atoms with Crippen molar-refractivity contribution >= 4 is 0 Å². The van der Waals surface area contributed by atoms with Crippen LogP contribution in [-0.4, -0.2) is 30.6 Å². The largest absolute Gasteiger partial charge is 0.328 e. The van der Waals surface area contributed by atoms with Crippen molar-refractivity contribution in [2.45, 2.75) is 32.2 Å². The first-order chi connectivity index (χ1) is 4.83. The van der Waals surface area contributed by atoms with Gasteiger partial charge in [0.15, 0.2) is 0 Å². The first-order valence-corrected chi connectivity index (χ1v) is 4.31. The summed E-state index contributed by atoms with van der Waals surface area (Å²) in [6.07, 6.45) is 3.66. The Kier molecular flexibility index (Phi) is 3.16. The third-order valence-corrected chi connectivity index (χ3v) is 2.17. The third kappa shape index (κ3) is 2.27. The Morgan fingerprint density at radius 2 is 2.00 bits per heavy atom. The molecule has 2 N–H and O–H groups in total. The van der Waals surface area contributed by atoms with Gasteiger partial charge in [-0.3, -0.25) is 0 Å². The Morgan fingerprint density at radius 3 is 2.50 bits per heavy atom. The summed E-state index contributed by atoms with van der Waals surface area (Å²) in [5.74, 6) is 0. The summed E-state index contributed by atoms with van der Waals surface area (Å²) in [7, 11) is 0. The minimum absolute atomic E-state index is 0.480. The lowest BCUT2D eigenvalue weighted by atomic mass is 10.1. The van der Waals surface area contributed by atoms with Gasteiger partial charge in [-0.25, -0.2) is 0 Å². The minimum Gasteiger partial charge on any atom is -0.328 e. The van der Waals surface area contributed by atoms with Gasteiger partial charge < -0.3 is 10.6 Å². The van der Waals surface area contributed by atoms with Crippen molar-refractivity contribution in [3.05, 3.63) is 0 Å². The standard InChI is InChI=1S/C8H18N2/c1-2-5-10-6-3-8(9)4-7-10/h8H,2-7,9H2,1H3. The molecule has 0 bridgehead atoms. The number of rotatable bonds is 2. The highest BCUT2D eigenvalue weighted by molar-refractivity contribution is 4.73. The van der Waals surface area contributed by atoms with E-state index >= 15 is 0 Å². The van der Waals surface area contributed by atoms with Gasteiger partial charge in [0, 0.05) is 6.04 Å². The van der Waals surface area contributed by atoms with Crippen LogP contribution in [0, 0.1) is 0 Å². The third-order valence-electron chi connectivity index (χ3n) is 2.17. The Morgan fingerprint density at radius 1 is 1.40 bits per heavy atom. The number of piperidine rings is 1. The predicted octanol–water partition coefficient (Wildman–Crippen LogP) is 0.820. The van der Waals surface area contributed by atoms with E-state index in [1.807, 2.05) is 0 Å². The summed E-state index contributed by atoms with van der Waals surface area (Å²) in [5.41, 5.74) is 5.77. The average molecular weight is 142 g/mol. The summed E-state index contributed by atoms with van der Waals surface area (Å²) in [4.78, 5) is 2.50. The smallest absolute Gasteiger partial charge is 0.00631 e. The maximum Gasteiger partial charge on any atom is 0.00631 e. The molecule has 0 atom stereocenters. The van der Waals surface area contributed by atoms with E-state index in [-0.39, 0.29) is 0 Å². The molecule has 0 radical (unpaired) electrons. The van der Waals surface area contributed by atoms with Gasteiger partial charge in [0.1, 0.15) is 0 Å². The van der Waals surface area contributed by atoms with E-state index in [2.05, 4.69) is 11.8 Å². The summed E-state index contributed by atoms with van der Waals surface area (Å²) in [5, 5.41) is 0. The van der Waals surface area contributed by atoms with Crippen LogP contribution in [0.5, 0.6) is 0 Å². The van der Waals surface area contributed by atoms with Crippen molar-refractivity contribution in [2.24, 2.45) is 5.73 Å². The molecule has 0 aromatic rings. The topological polar surface area (TPSA) is 29.3 Å². The SMILES string of the molecule is CCCN1CCC(N)CC1. The van der Waals surface area contributed by atoms with Crippen LogP contribution in [0.25, 0.3) is 0 Å². The van der Waals surface area contributed by atoms with Crippen molar-refractivity contribution in [2.75, 3.05) is 19.6 Å². The molecule has 0 aromatic carbocycles. The van der Waals surface area contributed by atoms with Gasteiger partial charge in [-0.2, -0.15) is 0 Å². The fourth-order valence-corrected chi connectivity index (χ4v) is 1.49. The van der Waals surface area contributed by atoms with E-state index in [1.54, 1.807) is 0 Å². The molecule has 1 aliphatic heterocycles. The molecule has 0 aromatic heterocycles. The van der Waals surface area contributed by atoms with Crippen molar-refractivity contribution in [3.63, 3.8) is 0 Å². The van der Waals surface area contributed by atoms with Crippen LogP contribution < -0.4 is 5.73 Å². The molecule has 0 spiro atoms. The van der Waals surface area contributed by atoms with Crippen LogP contribution in [-0.2, 0) is 0 Å². The lowest BCUT2D eigenvalue weighted by Gasteiger charge is -2.29. The number of hydrogen-bond donors (Lipinski definition) is 1. The number of nitrogens with zero attached hydrogens (tertiary/aromatic N) is 1. The molecule has 1 saturated heterocycles. The monoisotopic (exact) mass is 142 g/mol. The minimum atomic E-state index is 0.480. The fourth-order valence-electron chi connectivity index (χ4n) is 1.49. The van der Waals surface area contributed by atoms with Gasteiger partial charge >= 0.3 is 0 Å². The average Bonchev–Trinajstić information content (AvgIpc) is 1.95. The van der Waals surface area contributed by atoms with Gasteiger partial charge in [0.2, 0.25) is 0 Å². The molecule has 1 aliphatic rings. The number of likely N-dealkylation sites (tertiary alicyclic amines) is 1. The number of hydrogen-bond acceptors (Lipinski definition) is 2. The Hall–Kier alpha value is -0.0800. The highest BCUT2D eigenvalue weighted by Gasteiger charge is 2.13. The zero-order valence-corrected chi connectivity index (χ0v) is 6.84. The molecule has 2 heteroatoms.